The molecule has 0 saturated carbocycles. The van der Waals surface area contributed by atoms with Gasteiger partial charge in [-0.15, -0.1) is 0 Å². The van der Waals surface area contributed by atoms with E-state index in [2.05, 4.69) is 16.4 Å². The van der Waals surface area contributed by atoms with Crippen LogP contribution >= 0.6 is 0 Å². The standard InChI is InChI=1S/C27H29N3O3/c31-26(23-10-7-14-29-18-23)30-15-5-3-1-2-4-13-28-19-24-17-21(11-12-25(24)30)20-8-6-9-22(16-20)27(32)33/h6-12,14,16-18,28H,1-5,13,15,19H2,(H,32,33). The molecule has 0 saturated heterocycles. The molecule has 0 fully saturated rings. The first-order valence-corrected chi connectivity index (χ1v) is 11.5. The van der Waals surface area contributed by atoms with Crippen molar-refractivity contribution in [2.24, 2.45) is 0 Å². The minimum Gasteiger partial charge on any atom is -0.478 e. The van der Waals surface area contributed by atoms with E-state index in [9.17, 15) is 14.7 Å². The number of nitrogens with one attached hydrogen (secondary N) is 1. The maximum absolute atomic E-state index is 13.5. The van der Waals surface area contributed by atoms with Crippen LogP contribution in [0.25, 0.3) is 11.1 Å². The largest absolute Gasteiger partial charge is 0.478 e. The normalized spacial score (nSPS) is 15.1. The predicted octanol–water partition coefficient (Wildman–Crippen LogP) is 5.15. The van der Waals surface area contributed by atoms with Gasteiger partial charge < -0.3 is 15.3 Å². The molecular weight excluding hydrogens is 414 g/mol. The minimum absolute atomic E-state index is 0.0537. The van der Waals surface area contributed by atoms with Gasteiger partial charge in [0.2, 0.25) is 0 Å². The number of benzene rings is 2. The molecule has 1 aromatic heterocycles. The van der Waals surface area contributed by atoms with E-state index in [1.54, 1.807) is 42.7 Å². The van der Waals surface area contributed by atoms with Gasteiger partial charge >= 0.3 is 5.97 Å². The number of rotatable bonds is 3. The Morgan fingerprint density at radius 3 is 2.48 bits per heavy atom. The predicted molar refractivity (Wildman–Crippen MR) is 130 cm³/mol. The van der Waals surface area contributed by atoms with E-state index in [1.807, 2.05) is 23.1 Å². The van der Waals surface area contributed by atoms with Crippen molar-refractivity contribution in [2.45, 2.75) is 38.6 Å². The maximum atomic E-state index is 13.5. The highest BCUT2D eigenvalue weighted by Gasteiger charge is 2.21. The van der Waals surface area contributed by atoms with Gasteiger partial charge in [0, 0.05) is 31.2 Å². The number of aromatic nitrogens is 1. The molecule has 4 rings (SSSR count). The van der Waals surface area contributed by atoms with E-state index in [1.165, 1.54) is 12.8 Å². The molecule has 33 heavy (non-hydrogen) atoms. The van der Waals surface area contributed by atoms with Gasteiger partial charge in [0.05, 0.1) is 11.1 Å². The van der Waals surface area contributed by atoms with Crippen molar-refractivity contribution in [2.75, 3.05) is 18.0 Å². The summed E-state index contributed by atoms with van der Waals surface area (Å²) in [6.07, 6.45) is 8.80. The second kappa shape index (κ2) is 10.9. The summed E-state index contributed by atoms with van der Waals surface area (Å²) in [6, 6.07) is 16.6. The summed E-state index contributed by atoms with van der Waals surface area (Å²) in [6.45, 7) is 2.21. The number of hydrogen-bond donors (Lipinski definition) is 2. The van der Waals surface area contributed by atoms with E-state index in [-0.39, 0.29) is 11.5 Å². The fourth-order valence-electron chi connectivity index (χ4n) is 4.25. The number of hydrogen-bond acceptors (Lipinski definition) is 4. The highest BCUT2D eigenvalue weighted by molar-refractivity contribution is 6.06. The summed E-state index contributed by atoms with van der Waals surface area (Å²) >= 11 is 0. The van der Waals surface area contributed by atoms with Crippen molar-refractivity contribution < 1.29 is 14.7 Å². The molecule has 0 spiro atoms. The van der Waals surface area contributed by atoms with Gasteiger partial charge in [0.25, 0.3) is 5.91 Å². The van der Waals surface area contributed by atoms with Crippen LogP contribution in [-0.4, -0.2) is 35.1 Å². The molecule has 170 valence electrons. The Bertz CT molecular complexity index is 1110. The fraction of sp³-hybridized carbons (Fsp3) is 0.296. The van der Waals surface area contributed by atoms with Gasteiger partial charge in [0.15, 0.2) is 0 Å². The zero-order valence-corrected chi connectivity index (χ0v) is 18.7. The first kappa shape index (κ1) is 22.7. The average molecular weight is 444 g/mol. The number of carbonyl (C=O) groups is 2. The zero-order valence-electron chi connectivity index (χ0n) is 18.7. The molecular formula is C27H29N3O3. The average Bonchev–Trinajstić information content (AvgIpc) is 2.84. The van der Waals surface area contributed by atoms with Crippen LogP contribution < -0.4 is 10.2 Å². The molecule has 2 heterocycles. The molecule has 1 aliphatic rings. The number of carbonyl (C=O) groups excluding carboxylic acids is 1. The molecule has 2 aromatic carbocycles. The Morgan fingerprint density at radius 2 is 1.67 bits per heavy atom. The third-order valence-corrected chi connectivity index (χ3v) is 6.02. The SMILES string of the molecule is O=C(O)c1cccc(-c2ccc3c(c2)CNCCCCCCCN3C(=O)c2cccnc2)c1. The van der Waals surface area contributed by atoms with Crippen molar-refractivity contribution in [1.82, 2.24) is 10.3 Å². The Morgan fingerprint density at radius 1 is 0.879 bits per heavy atom. The Hall–Kier alpha value is -3.51. The first-order chi connectivity index (χ1) is 16.1. The number of pyridine rings is 1. The van der Waals surface area contributed by atoms with Crippen molar-refractivity contribution in [3.05, 3.63) is 83.7 Å². The maximum Gasteiger partial charge on any atom is 0.335 e. The fourth-order valence-corrected chi connectivity index (χ4v) is 4.25. The summed E-state index contributed by atoms with van der Waals surface area (Å²) in [5.74, 6) is -1.000. The first-order valence-electron chi connectivity index (χ1n) is 11.5. The van der Waals surface area contributed by atoms with Crippen LogP contribution in [0, 0.1) is 0 Å². The third-order valence-electron chi connectivity index (χ3n) is 6.02. The van der Waals surface area contributed by atoms with Gasteiger partial charge in [-0.2, -0.15) is 0 Å². The number of fused-ring (bicyclic) bond motifs is 1. The molecule has 0 aliphatic carbocycles. The van der Waals surface area contributed by atoms with E-state index in [4.69, 9.17) is 0 Å². The third kappa shape index (κ3) is 5.65. The topological polar surface area (TPSA) is 82.5 Å². The van der Waals surface area contributed by atoms with Gasteiger partial charge in [-0.05, 0) is 72.5 Å². The van der Waals surface area contributed by atoms with Gasteiger partial charge in [-0.1, -0.05) is 37.5 Å². The monoisotopic (exact) mass is 443 g/mol. The number of carboxylic acids is 1. The van der Waals surface area contributed by atoms with E-state index >= 15 is 0 Å². The Kier molecular flexibility index (Phi) is 7.47. The molecule has 1 aliphatic heterocycles. The Balaban J connectivity index is 1.74. The van der Waals surface area contributed by atoms with Crippen LogP contribution in [0.15, 0.2) is 67.0 Å². The van der Waals surface area contributed by atoms with Crippen LogP contribution in [0.5, 0.6) is 0 Å². The van der Waals surface area contributed by atoms with Gasteiger partial charge in [-0.25, -0.2) is 4.79 Å². The summed E-state index contributed by atoms with van der Waals surface area (Å²) in [7, 11) is 0. The van der Waals surface area contributed by atoms with E-state index in [0.717, 1.165) is 48.2 Å². The molecule has 6 heteroatoms. The number of nitrogens with zero attached hydrogens (tertiary/aromatic N) is 2. The smallest absolute Gasteiger partial charge is 0.335 e. The number of aromatic carboxylic acids is 1. The van der Waals surface area contributed by atoms with Crippen LogP contribution in [0.4, 0.5) is 5.69 Å². The summed E-state index contributed by atoms with van der Waals surface area (Å²) < 4.78 is 0. The molecule has 1 amide bonds. The molecule has 0 bridgehead atoms. The molecule has 2 N–H and O–H groups in total. The lowest BCUT2D eigenvalue weighted by molar-refractivity contribution is 0.0696. The molecule has 0 atom stereocenters. The zero-order chi connectivity index (χ0) is 23.0. The van der Waals surface area contributed by atoms with Crippen molar-refractivity contribution in [1.29, 1.82) is 0 Å². The van der Waals surface area contributed by atoms with Crippen LogP contribution in [0.3, 0.4) is 0 Å². The van der Waals surface area contributed by atoms with E-state index in [0.29, 0.717) is 18.7 Å². The lowest BCUT2D eigenvalue weighted by Crippen LogP contribution is -2.33. The molecule has 0 radical (unpaired) electrons. The summed E-state index contributed by atoms with van der Waals surface area (Å²) in [4.78, 5) is 30.9. The lowest BCUT2D eigenvalue weighted by atomic mass is 9.98. The molecule has 0 unspecified atom stereocenters. The van der Waals surface area contributed by atoms with Crippen LogP contribution in [0.1, 0.15) is 58.4 Å². The minimum atomic E-state index is -0.946. The Labute approximate surface area is 194 Å². The van der Waals surface area contributed by atoms with E-state index < -0.39 is 5.97 Å². The van der Waals surface area contributed by atoms with Crippen molar-refractivity contribution in [3.8, 4) is 11.1 Å². The molecule has 3 aromatic rings. The molecule has 6 nitrogen and oxygen atoms in total. The quantitative estimate of drug-likeness (QED) is 0.585. The van der Waals surface area contributed by atoms with Gasteiger partial charge in [-0.3, -0.25) is 9.78 Å². The summed E-state index contributed by atoms with van der Waals surface area (Å²) in [5, 5.41) is 12.9. The van der Waals surface area contributed by atoms with Crippen LogP contribution in [0.2, 0.25) is 0 Å². The lowest BCUT2D eigenvalue weighted by Gasteiger charge is -2.27. The number of anilines is 1. The second-order valence-electron chi connectivity index (χ2n) is 8.37. The van der Waals surface area contributed by atoms with Crippen molar-refractivity contribution >= 4 is 17.6 Å². The van der Waals surface area contributed by atoms with Crippen LogP contribution in [-0.2, 0) is 6.54 Å². The highest BCUT2D eigenvalue weighted by Crippen LogP contribution is 2.30. The van der Waals surface area contributed by atoms with Crippen molar-refractivity contribution in [3.63, 3.8) is 0 Å². The summed E-state index contributed by atoms with van der Waals surface area (Å²) in [5.41, 5.74) is 4.50. The second-order valence-corrected chi connectivity index (χ2v) is 8.37. The number of amides is 1. The highest BCUT2D eigenvalue weighted by atomic mass is 16.4. The van der Waals surface area contributed by atoms with Gasteiger partial charge in [0.1, 0.15) is 0 Å². The number of carboxylic acid groups (broad SMARTS) is 1.